The summed E-state index contributed by atoms with van der Waals surface area (Å²) in [5.74, 6) is 0.323. The van der Waals surface area contributed by atoms with E-state index >= 15 is 0 Å². The summed E-state index contributed by atoms with van der Waals surface area (Å²) in [6, 6.07) is 12.4. The van der Waals surface area contributed by atoms with Gasteiger partial charge in [-0.2, -0.15) is 13.2 Å². The van der Waals surface area contributed by atoms with Crippen molar-refractivity contribution in [3.05, 3.63) is 77.0 Å². The van der Waals surface area contributed by atoms with Crippen LogP contribution < -0.4 is 10.4 Å². The summed E-state index contributed by atoms with van der Waals surface area (Å²) in [7, 11) is 1.55. The number of thioether (sulfide) groups is 1. The molecule has 0 saturated carbocycles. The topological polar surface area (TPSA) is 69.3 Å². The van der Waals surface area contributed by atoms with E-state index in [1.165, 1.54) is 35.0 Å². The predicted octanol–water partition coefficient (Wildman–Crippen LogP) is 4.56. The number of aromatic nitrogens is 3. The van der Waals surface area contributed by atoms with Crippen LogP contribution in [0.15, 0.2) is 70.6 Å². The summed E-state index contributed by atoms with van der Waals surface area (Å²) < 4.78 is 45.2. The predicted molar refractivity (Wildman–Crippen MR) is 111 cm³/mol. The molecule has 2 heterocycles. The molecule has 0 aliphatic rings. The number of hydrogen-bond acceptors (Lipinski definition) is 5. The van der Waals surface area contributed by atoms with Gasteiger partial charge in [0.15, 0.2) is 0 Å². The van der Waals surface area contributed by atoms with E-state index in [1.54, 1.807) is 25.4 Å². The minimum absolute atomic E-state index is 0.0135. The average molecular weight is 447 g/mol. The standard InChI is InChI=1S/C21H16F3N3O3S/c1-30-15-4-7-18-17(10-15)13(8-9-25-18)11-26-12-19(28)27(20(26)29)14-2-5-16(6-3-14)31-21(22,23)24/h2-10,12,28H,11H2,1H3. The monoisotopic (exact) mass is 447 g/mol. The summed E-state index contributed by atoms with van der Waals surface area (Å²) in [6.07, 6.45) is 2.91. The highest BCUT2D eigenvalue weighted by Crippen LogP contribution is 2.37. The van der Waals surface area contributed by atoms with E-state index in [2.05, 4.69) is 4.98 Å². The molecule has 0 radical (unpaired) electrons. The van der Waals surface area contributed by atoms with Crippen molar-refractivity contribution in [2.45, 2.75) is 16.9 Å². The largest absolute Gasteiger partial charge is 0.497 e. The molecular weight excluding hydrogens is 431 g/mol. The molecule has 0 aliphatic heterocycles. The van der Waals surface area contributed by atoms with E-state index in [4.69, 9.17) is 4.74 Å². The first-order valence-electron chi connectivity index (χ1n) is 9.04. The number of alkyl halides is 3. The number of pyridine rings is 1. The molecule has 0 saturated heterocycles. The third-order valence-corrected chi connectivity index (χ3v) is 5.38. The molecule has 0 aliphatic carbocycles. The Balaban J connectivity index is 1.68. The fourth-order valence-corrected chi connectivity index (χ4v) is 3.80. The van der Waals surface area contributed by atoms with Crippen molar-refractivity contribution in [3.8, 4) is 17.3 Å². The Labute approximate surface area is 178 Å². The molecule has 0 amide bonds. The molecule has 1 N–H and O–H groups in total. The van der Waals surface area contributed by atoms with Gasteiger partial charge in [-0.25, -0.2) is 9.36 Å². The number of benzene rings is 2. The maximum Gasteiger partial charge on any atom is 0.446 e. The maximum absolute atomic E-state index is 12.9. The molecule has 31 heavy (non-hydrogen) atoms. The molecule has 0 fully saturated rings. The van der Waals surface area contributed by atoms with Gasteiger partial charge in [-0.1, -0.05) is 0 Å². The van der Waals surface area contributed by atoms with Gasteiger partial charge < -0.3 is 9.84 Å². The van der Waals surface area contributed by atoms with Gasteiger partial charge in [0.05, 0.1) is 31.1 Å². The van der Waals surface area contributed by atoms with Crippen LogP contribution in [0.2, 0.25) is 0 Å². The van der Waals surface area contributed by atoms with Gasteiger partial charge >= 0.3 is 11.2 Å². The van der Waals surface area contributed by atoms with Crippen LogP contribution in [0.1, 0.15) is 5.56 Å². The normalized spacial score (nSPS) is 11.7. The molecule has 4 aromatic rings. The smallest absolute Gasteiger partial charge is 0.446 e. The second-order valence-corrected chi connectivity index (χ2v) is 7.77. The molecule has 0 bridgehead atoms. The van der Waals surface area contributed by atoms with Crippen molar-refractivity contribution in [2.75, 3.05) is 7.11 Å². The van der Waals surface area contributed by atoms with Crippen molar-refractivity contribution in [3.63, 3.8) is 0 Å². The van der Waals surface area contributed by atoms with Crippen LogP contribution in [0.3, 0.4) is 0 Å². The number of aromatic hydroxyl groups is 1. The Morgan fingerprint density at radius 2 is 1.87 bits per heavy atom. The Hall–Kier alpha value is -3.40. The molecule has 0 unspecified atom stereocenters. The average Bonchev–Trinajstić information content (AvgIpc) is 3.00. The fourth-order valence-electron chi connectivity index (χ4n) is 3.26. The number of rotatable bonds is 5. The zero-order valence-electron chi connectivity index (χ0n) is 16.1. The first-order valence-corrected chi connectivity index (χ1v) is 9.86. The third kappa shape index (κ3) is 4.38. The van der Waals surface area contributed by atoms with Gasteiger partial charge in [0.25, 0.3) is 0 Å². The van der Waals surface area contributed by atoms with Crippen LogP contribution >= 0.6 is 11.8 Å². The molecule has 0 atom stereocenters. The Bertz CT molecular complexity index is 1300. The zero-order valence-corrected chi connectivity index (χ0v) is 16.9. The number of halogens is 3. The SMILES string of the molecule is COc1ccc2nccc(Cn3cc(O)n(-c4ccc(SC(F)(F)F)cc4)c3=O)c2c1. The minimum atomic E-state index is -4.40. The molecule has 160 valence electrons. The third-order valence-electron chi connectivity index (χ3n) is 4.65. The number of fused-ring (bicyclic) bond motifs is 1. The number of imidazole rings is 1. The van der Waals surface area contributed by atoms with Gasteiger partial charge in [0.1, 0.15) is 5.75 Å². The highest BCUT2D eigenvalue weighted by molar-refractivity contribution is 8.00. The molecule has 6 nitrogen and oxygen atoms in total. The molecule has 2 aromatic carbocycles. The first-order chi connectivity index (χ1) is 14.7. The van der Waals surface area contributed by atoms with E-state index in [0.717, 1.165) is 21.0 Å². The summed E-state index contributed by atoms with van der Waals surface area (Å²) in [5.41, 5.74) is -3.15. The Morgan fingerprint density at radius 1 is 1.13 bits per heavy atom. The molecule has 0 spiro atoms. The summed E-state index contributed by atoms with van der Waals surface area (Å²) in [4.78, 5) is 17.2. The van der Waals surface area contributed by atoms with E-state index < -0.39 is 11.2 Å². The second kappa shape index (κ2) is 8.03. The lowest BCUT2D eigenvalue weighted by atomic mass is 10.1. The van der Waals surface area contributed by atoms with Crippen molar-refractivity contribution in [1.82, 2.24) is 14.1 Å². The number of methoxy groups -OCH3 is 1. The number of hydrogen-bond donors (Lipinski definition) is 1. The summed E-state index contributed by atoms with van der Waals surface area (Å²) >= 11 is -0.247. The van der Waals surface area contributed by atoms with Gasteiger partial charge in [0.2, 0.25) is 5.88 Å². The van der Waals surface area contributed by atoms with Gasteiger partial charge in [0, 0.05) is 16.5 Å². The molecular formula is C21H16F3N3O3S. The second-order valence-electron chi connectivity index (χ2n) is 6.63. The van der Waals surface area contributed by atoms with Crippen LogP contribution in [-0.2, 0) is 6.54 Å². The molecule has 2 aromatic heterocycles. The number of nitrogens with zero attached hydrogens (tertiary/aromatic N) is 3. The fraction of sp³-hybridized carbons (Fsp3) is 0.143. The minimum Gasteiger partial charge on any atom is -0.497 e. The van der Waals surface area contributed by atoms with Crippen LogP contribution in [0.4, 0.5) is 13.2 Å². The van der Waals surface area contributed by atoms with E-state index in [9.17, 15) is 23.1 Å². The lowest BCUT2D eigenvalue weighted by Gasteiger charge is -2.08. The van der Waals surface area contributed by atoms with Crippen molar-refractivity contribution < 1.29 is 23.0 Å². The van der Waals surface area contributed by atoms with Crippen LogP contribution in [0.25, 0.3) is 16.6 Å². The summed E-state index contributed by atoms with van der Waals surface area (Å²) in [5, 5.41) is 11.1. The first kappa shape index (κ1) is 20.9. The van der Waals surface area contributed by atoms with Gasteiger partial charge in [-0.05, 0) is 65.9 Å². The van der Waals surface area contributed by atoms with Crippen molar-refractivity contribution in [1.29, 1.82) is 0 Å². The maximum atomic E-state index is 12.9. The van der Waals surface area contributed by atoms with Crippen LogP contribution in [0, 0.1) is 0 Å². The number of ether oxygens (including phenoxy) is 1. The summed E-state index contributed by atoms with van der Waals surface area (Å²) in [6.45, 7) is 0.160. The molecule has 10 heteroatoms. The highest BCUT2D eigenvalue weighted by atomic mass is 32.2. The molecule has 4 rings (SSSR count). The van der Waals surface area contributed by atoms with E-state index in [0.29, 0.717) is 5.75 Å². The van der Waals surface area contributed by atoms with Gasteiger partial charge in [-0.15, -0.1) is 0 Å². The lowest BCUT2D eigenvalue weighted by Crippen LogP contribution is -2.23. The zero-order chi connectivity index (χ0) is 22.2. The van der Waals surface area contributed by atoms with Gasteiger partial charge in [-0.3, -0.25) is 9.55 Å². The van der Waals surface area contributed by atoms with Crippen molar-refractivity contribution in [2.24, 2.45) is 0 Å². The Morgan fingerprint density at radius 3 is 2.55 bits per heavy atom. The Kier molecular flexibility index (Phi) is 5.40. The highest BCUT2D eigenvalue weighted by Gasteiger charge is 2.29. The van der Waals surface area contributed by atoms with Crippen LogP contribution in [0.5, 0.6) is 11.6 Å². The van der Waals surface area contributed by atoms with E-state index in [-0.39, 0.29) is 34.8 Å². The quantitative estimate of drug-likeness (QED) is 0.454. The van der Waals surface area contributed by atoms with E-state index in [1.807, 2.05) is 12.1 Å². The lowest BCUT2D eigenvalue weighted by molar-refractivity contribution is -0.0328. The van der Waals surface area contributed by atoms with Crippen molar-refractivity contribution >= 4 is 22.7 Å². The van der Waals surface area contributed by atoms with Crippen LogP contribution in [-0.4, -0.2) is 31.8 Å².